The molecule has 0 fully saturated rings. The molecule has 154 valence electrons. The molecule has 0 saturated carbocycles. The number of hydrogen-bond acceptors (Lipinski definition) is 2. The molecule has 31 heavy (non-hydrogen) atoms. The molecule has 3 aromatic carbocycles. The second kappa shape index (κ2) is 7.89. The molecule has 1 atom stereocenters. The van der Waals surface area contributed by atoms with Crippen LogP contribution < -0.4 is 4.90 Å². The quantitative estimate of drug-likeness (QED) is 0.320. The number of benzene rings is 3. The molecule has 0 saturated heterocycles. The van der Waals surface area contributed by atoms with E-state index in [-0.39, 0.29) is 17.8 Å². The van der Waals surface area contributed by atoms with E-state index in [1.165, 1.54) is 6.07 Å². The van der Waals surface area contributed by atoms with Gasteiger partial charge in [0.05, 0.1) is 16.8 Å². The van der Waals surface area contributed by atoms with Crippen molar-refractivity contribution >= 4 is 38.4 Å². The molecule has 1 aromatic heterocycles. The summed E-state index contributed by atoms with van der Waals surface area (Å²) in [5.41, 5.74) is 4.73. The molecule has 5 heteroatoms. The first-order valence-electron chi connectivity index (χ1n) is 10.3. The molecule has 2 heterocycles. The number of halogens is 2. The Kier molecular flexibility index (Phi) is 5.06. The van der Waals surface area contributed by atoms with Crippen LogP contribution in [0.2, 0.25) is 0 Å². The molecule has 1 unspecified atom stereocenters. The lowest BCUT2D eigenvalue weighted by Gasteiger charge is -2.35. The van der Waals surface area contributed by atoms with Gasteiger partial charge in [0.25, 0.3) is 5.91 Å². The molecule has 0 bridgehead atoms. The van der Waals surface area contributed by atoms with Gasteiger partial charge in [0.1, 0.15) is 5.82 Å². The van der Waals surface area contributed by atoms with Gasteiger partial charge in [-0.05, 0) is 67.8 Å². The second-order valence-electron chi connectivity index (χ2n) is 7.91. The number of nitrogens with zero attached hydrogens (tertiary/aromatic N) is 2. The van der Waals surface area contributed by atoms with Gasteiger partial charge in [-0.25, -0.2) is 9.37 Å². The van der Waals surface area contributed by atoms with E-state index in [9.17, 15) is 9.18 Å². The number of rotatable bonds is 2. The topological polar surface area (TPSA) is 33.2 Å². The van der Waals surface area contributed by atoms with Crippen LogP contribution in [0.5, 0.6) is 0 Å². The minimum absolute atomic E-state index is 0.0218. The number of pyridine rings is 1. The van der Waals surface area contributed by atoms with Crippen molar-refractivity contribution in [1.29, 1.82) is 0 Å². The number of fused-ring (bicyclic) bond motifs is 2. The highest BCUT2D eigenvalue weighted by atomic mass is 79.9. The Hall–Kier alpha value is -3.05. The molecule has 1 aliphatic rings. The predicted octanol–water partition coefficient (Wildman–Crippen LogP) is 6.78. The largest absolute Gasteiger partial charge is 0.305 e. The van der Waals surface area contributed by atoms with Crippen molar-refractivity contribution in [1.82, 2.24) is 4.98 Å². The highest BCUT2D eigenvalue weighted by Crippen LogP contribution is 2.34. The van der Waals surface area contributed by atoms with Crippen LogP contribution in [-0.4, -0.2) is 16.9 Å². The van der Waals surface area contributed by atoms with Crippen molar-refractivity contribution in [2.24, 2.45) is 0 Å². The zero-order chi connectivity index (χ0) is 21.5. The first-order valence-corrected chi connectivity index (χ1v) is 11.1. The van der Waals surface area contributed by atoms with Crippen LogP contribution in [0.25, 0.3) is 22.2 Å². The number of amides is 1. The number of aromatic nitrogens is 1. The van der Waals surface area contributed by atoms with E-state index in [1.807, 2.05) is 66.4 Å². The summed E-state index contributed by atoms with van der Waals surface area (Å²) < 4.78 is 14.8. The van der Waals surface area contributed by atoms with Gasteiger partial charge in [0, 0.05) is 27.2 Å². The number of carbonyl (C=O) groups is 1. The molecular formula is C26H20BrFN2O. The molecule has 0 N–H and O–H groups in total. The van der Waals surface area contributed by atoms with Crippen molar-refractivity contribution in [3.8, 4) is 11.3 Å². The van der Waals surface area contributed by atoms with Crippen molar-refractivity contribution in [3.63, 3.8) is 0 Å². The normalized spacial score (nSPS) is 15.7. The maximum absolute atomic E-state index is 13.9. The molecule has 5 rings (SSSR count). The van der Waals surface area contributed by atoms with Crippen molar-refractivity contribution in [2.75, 3.05) is 4.90 Å². The van der Waals surface area contributed by atoms with Crippen molar-refractivity contribution < 1.29 is 9.18 Å². The highest BCUT2D eigenvalue weighted by Gasteiger charge is 2.30. The molecule has 1 aliphatic heterocycles. The third-order valence-electron chi connectivity index (χ3n) is 5.88. The van der Waals surface area contributed by atoms with Gasteiger partial charge >= 0.3 is 0 Å². The summed E-state index contributed by atoms with van der Waals surface area (Å²) in [5.74, 6) is -0.357. The molecule has 0 spiro atoms. The first-order chi connectivity index (χ1) is 15.0. The van der Waals surface area contributed by atoms with E-state index >= 15 is 0 Å². The summed E-state index contributed by atoms with van der Waals surface area (Å²) in [6.07, 6.45) is 1.56. The third kappa shape index (κ3) is 3.63. The van der Waals surface area contributed by atoms with Gasteiger partial charge in [-0.2, -0.15) is 0 Å². The van der Waals surface area contributed by atoms with E-state index in [0.29, 0.717) is 5.56 Å². The van der Waals surface area contributed by atoms with Crippen molar-refractivity contribution in [3.05, 3.63) is 94.2 Å². The fourth-order valence-electron chi connectivity index (χ4n) is 4.28. The van der Waals surface area contributed by atoms with Crippen LogP contribution in [0.1, 0.15) is 29.3 Å². The van der Waals surface area contributed by atoms with Gasteiger partial charge in [-0.1, -0.05) is 46.3 Å². The molecule has 1 amide bonds. The minimum atomic E-state index is -0.271. The molecule has 3 nitrogen and oxygen atoms in total. The summed E-state index contributed by atoms with van der Waals surface area (Å²) >= 11 is 3.47. The van der Waals surface area contributed by atoms with Crippen LogP contribution in [0.15, 0.2) is 77.3 Å². The lowest BCUT2D eigenvalue weighted by atomic mass is 9.94. The van der Waals surface area contributed by atoms with Crippen LogP contribution in [-0.2, 0) is 6.42 Å². The SMILES string of the molecule is CC1CCc2cc(F)ccc2N1C(=O)c1cc(-c2ccc(Br)cc2)nc2ccccc12. The molecule has 0 aliphatic carbocycles. The lowest BCUT2D eigenvalue weighted by molar-refractivity contribution is 0.0976. The van der Waals surface area contributed by atoms with Crippen LogP contribution in [0.3, 0.4) is 0 Å². The standard InChI is InChI=1S/C26H20BrFN2O/c1-16-6-7-18-14-20(28)12-13-25(18)30(16)26(31)22-15-24(17-8-10-19(27)11-9-17)29-23-5-3-2-4-21(22)23/h2-5,8-16H,6-7H2,1H3. The Bertz CT molecular complexity index is 1300. The fraction of sp³-hybridized carbons (Fsp3) is 0.154. The summed E-state index contributed by atoms with van der Waals surface area (Å²) in [4.78, 5) is 20.5. The Balaban J connectivity index is 1.68. The second-order valence-corrected chi connectivity index (χ2v) is 8.83. The lowest BCUT2D eigenvalue weighted by Crippen LogP contribution is -2.42. The number of carbonyl (C=O) groups excluding carboxylic acids is 1. The van der Waals surface area contributed by atoms with Gasteiger partial charge in [-0.15, -0.1) is 0 Å². The zero-order valence-corrected chi connectivity index (χ0v) is 18.6. The molecular weight excluding hydrogens is 455 g/mol. The number of anilines is 1. The van der Waals surface area contributed by atoms with E-state index < -0.39 is 0 Å². The number of aryl methyl sites for hydroxylation is 1. The Morgan fingerprint density at radius 2 is 1.84 bits per heavy atom. The van der Waals surface area contributed by atoms with Crippen LogP contribution >= 0.6 is 15.9 Å². The van der Waals surface area contributed by atoms with E-state index in [2.05, 4.69) is 15.9 Å². The van der Waals surface area contributed by atoms with Crippen molar-refractivity contribution in [2.45, 2.75) is 25.8 Å². The van der Waals surface area contributed by atoms with Crippen LogP contribution in [0, 0.1) is 5.82 Å². The molecule has 4 aromatic rings. The predicted molar refractivity (Wildman–Crippen MR) is 126 cm³/mol. The fourth-order valence-corrected chi connectivity index (χ4v) is 4.54. The van der Waals surface area contributed by atoms with E-state index in [1.54, 1.807) is 12.1 Å². The average Bonchev–Trinajstić information content (AvgIpc) is 2.78. The summed E-state index contributed by atoms with van der Waals surface area (Å²) in [6, 6.07) is 22.2. The summed E-state index contributed by atoms with van der Waals surface area (Å²) in [5, 5.41) is 0.815. The third-order valence-corrected chi connectivity index (χ3v) is 6.41. The maximum atomic E-state index is 13.9. The molecule has 0 radical (unpaired) electrons. The Morgan fingerprint density at radius 3 is 2.65 bits per heavy atom. The highest BCUT2D eigenvalue weighted by molar-refractivity contribution is 9.10. The Morgan fingerprint density at radius 1 is 1.06 bits per heavy atom. The summed E-state index contributed by atoms with van der Waals surface area (Å²) in [6.45, 7) is 2.04. The van der Waals surface area contributed by atoms with E-state index in [0.717, 1.165) is 50.7 Å². The van der Waals surface area contributed by atoms with Crippen LogP contribution in [0.4, 0.5) is 10.1 Å². The average molecular weight is 475 g/mol. The zero-order valence-electron chi connectivity index (χ0n) is 17.0. The summed E-state index contributed by atoms with van der Waals surface area (Å²) in [7, 11) is 0. The van der Waals surface area contributed by atoms with Gasteiger partial charge in [0.15, 0.2) is 0 Å². The number of para-hydroxylation sites is 1. The Labute approximate surface area is 188 Å². The minimum Gasteiger partial charge on any atom is -0.305 e. The van der Waals surface area contributed by atoms with Gasteiger partial charge in [0.2, 0.25) is 0 Å². The smallest absolute Gasteiger partial charge is 0.259 e. The van der Waals surface area contributed by atoms with Gasteiger partial charge in [-0.3, -0.25) is 4.79 Å². The monoisotopic (exact) mass is 474 g/mol. The van der Waals surface area contributed by atoms with Gasteiger partial charge < -0.3 is 4.90 Å². The van der Waals surface area contributed by atoms with E-state index in [4.69, 9.17) is 4.98 Å². The maximum Gasteiger partial charge on any atom is 0.259 e. The first kappa shape index (κ1) is 19.9. The number of hydrogen-bond donors (Lipinski definition) is 0.